The topological polar surface area (TPSA) is 29.1 Å². The van der Waals surface area contributed by atoms with Crippen LogP contribution in [0.5, 0.6) is 0 Å². The van der Waals surface area contributed by atoms with E-state index in [0.717, 1.165) is 28.6 Å². The molecule has 0 unspecified atom stereocenters. The van der Waals surface area contributed by atoms with E-state index in [1.165, 1.54) is 4.88 Å². The highest BCUT2D eigenvalue weighted by molar-refractivity contribution is 9.10. The van der Waals surface area contributed by atoms with Gasteiger partial charge in [-0.15, -0.1) is 11.3 Å². The molecule has 0 spiro atoms. The molecule has 0 aliphatic rings. The number of thiophene rings is 1. The fraction of sp³-hybridized carbons (Fsp3) is 0.267. The van der Waals surface area contributed by atoms with Crippen LogP contribution in [0.3, 0.4) is 0 Å². The third-order valence-electron chi connectivity index (χ3n) is 2.85. The van der Waals surface area contributed by atoms with Crippen molar-refractivity contribution in [2.24, 2.45) is 0 Å². The van der Waals surface area contributed by atoms with Crippen molar-refractivity contribution in [1.82, 2.24) is 0 Å². The Balaban J connectivity index is 1.79. The first kappa shape index (κ1) is 14.3. The molecule has 0 saturated heterocycles. The molecule has 1 aromatic heterocycles. The molecule has 1 N–H and O–H groups in total. The summed E-state index contributed by atoms with van der Waals surface area (Å²) in [6.07, 6.45) is 2.43. The van der Waals surface area contributed by atoms with Crippen LogP contribution in [0.25, 0.3) is 0 Å². The molecule has 4 heteroatoms. The molecule has 2 aromatic rings. The van der Waals surface area contributed by atoms with Crippen LogP contribution in [-0.4, -0.2) is 5.91 Å². The molecule has 0 saturated carbocycles. The number of hydrogen-bond acceptors (Lipinski definition) is 2. The maximum Gasteiger partial charge on any atom is 0.224 e. The number of anilines is 1. The predicted molar refractivity (Wildman–Crippen MR) is 84.8 cm³/mol. The largest absolute Gasteiger partial charge is 0.326 e. The van der Waals surface area contributed by atoms with E-state index in [2.05, 4.69) is 32.7 Å². The van der Waals surface area contributed by atoms with E-state index in [1.807, 2.05) is 31.2 Å². The van der Waals surface area contributed by atoms with Gasteiger partial charge in [0.1, 0.15) is 0 Å². The Hall–Kier alpha value is -1.13. The zero-order chi connectivity index (χ0) is 13.7. The van der Waals surface area contributed by atoms with Gasteiger partial charge in [-0.2, -0.15) is 0 Å². The minimum absolute atomic E-state index is 0.0817. The van der Waals surface area contributed by atoms with E-state index in [9.17, 15) is 4.79 Å². The maximum absolute atomic E-state index is 11.8. The molecule has 19 heavy (non-hydrogen) atoms. The van der Waals surface area contributed by atoms with Crippen LogP contribution in [0, 0.1) is 6.92 Å². The number of carbonyl (C=O) groups excluding carboxylic acids is 1. The second-order valence-corrected chi connectivity index (χ2v) is 6.33. The van der Waals surface area contributed by atoms with E-state index < -0.39 is 0 Å². The number of benzene rings is 1. The van der Waals surface area contributed by atoms with Crippen LogP contribution in [0.1, 0.15) is 23.3 Å². The monoisotopic (exact) mass is 337 g/mol. The lowest BCUT2D eigenvalue weighted by molar-refractivity contribution is -0.116. The Labute approximate surface area is 126 Å². The number of amides is 1. The Kier molecular flexibility index (Phi) is 5.16. The fourth-order valence-corrected chi connectivity index (χ4v) is 2.82. The average molecular weight is 338 g/mol. The van der Waals surface area contributed by atoms with Gasteiger partial charge in [-0.3, -0.25) is 4.79 Å². The summed E-state index contributed by atoms with van der Waals surface area (Å²) in [6, 6.07) is 10.00. The summed E-state index contributed by atoms with van der Waals surface area (Å²) in [6.45, 7) is 2.01. The molecule has 0 radical (unpaired) electrons. The summed E-state index contributed by atoms with van der Waals surface area (Å²) in [4.78, 5) is 13.2. The van der Waals surface area contributed by atoms with Crippen molar-refractivity contribution in [3.05, 3.63) is 50.6 Å². The quantitative estimate of drug-likeness (QED) is 0.835. The van der Waals surface area contributed by atoms with Crippen molar-refractivity contribution in [2.75, 3.05) is 5.32 Å². The first-order valence-electron chi connectivity index (χ1n) is 6.23. The van der Waals surface area contributed by atoms with Crippen LogP contribution < -0.4 is 5.32 Å². The lowest BCUT2D eigenvalue weighted by Gasteiger charge is -2.06. The minimum atomic E-state index is 0.0817. The highest BCUT2D eigenvalue weighted by Gasteiger charge is 2.04. The van der Waals surface area contributed by atoms with Crippen molar-refractivity contribution in [2.45, 2.75) is 26.2 Å². The third kappa shape index (κ3) is 4.48. The lowest BCUT2D eigenvalue weighted by atomic mass is 10.2. The molecular formula is C15H16BrNOS. The van der Waals surface area contributed by atoms with Crippen molar-refractivity contribution in [3.63, 3.8) is 0 Å². The predicted octanol–water partition coefficient (Wildman–Crippen LogP) is 4.78. The summed E-state index contributed by atoms with van der Waals surface area (Å²) in [7, 11) is 0. The van der Waals surface area contributed by atoms with E-state index in [0.29, 0.717) is 6.42 Å². The Morgan fingerprint density at radius 3 is 2.89 bits per heavy atom. The Morgan fingerprint density at radius 2 is 2.21 bits per heavy atom. The standard InChI is InChI=1S/C15H16BrNOS/c1-11-10-12(7-8-14(11)16)17-15(18)6-2-4-13-5-3-9-19-13/h3,5,7-10H,2,4,6H2,1H3,(H,17,18). The van der Waals surface area contributed by atoms with Crippen molar-refractivity contribution in [1.29, 1.82) is 0 Å². The van der Waals surface area contributed by atoms with Gasteiger partial charge in [0.2, 0.25) is 5.91 Å². The second kappa shape index (κ2) is 6.87. The first-order chi connectivity index (χ1) is 9.15. The highest BCUT2D eigenvalue weighted by atomic mass is 79.9. The van der Waals surface area contributed by atoms with Gasteiger partial charge in [0.05, 0.1) is 0 Å². The van der Waals surface area contributed by atoms with Crippen LogP contribution in [0.15, 0.2) is 40.2 Å². The van der Waals surface area contributed by atoms with Crippen LogP contribution in [-0.2, 0) is 11.2 Å². The molecule has 100 valence electrons. The van der Waals surface area contributed by atoms with Gasteiger partial charge in [0.25, 0.3) is 0 Å². The maximum atomic E-state index is 11.8. The van der Waals surface area contributed by atoms with Gasteiger partial charge in [-0.05, 0) is 55.0 Å². The van der Waals surface area contributed by atoms with Crippen molar-refractivity contribution < 1.29 is 4.79 Å². The second-order valence-electron chi connectivity index (χ2n) is 4.45. The summed E-state index contributed by atoms with van der Waals surface area (Å²) < 4.78 is 1.06. The van der Waals surface area contributed by atoms with Crippen LogP contribution in [0.4, 0.5) is 5.69 Å². The summed E-state index contributed by atoms with van der Waals surface area (Å²) in [5, 5.41) is 5.00. The van der Waals surface area contributed by atoms with E-state index in [4.69, 9.17) is 0 Å². The molecular weight excluding hydrogens is 322 g/mol. The lowest BCUT2D eigenvalue weighted by Crippen LogP contribution is -2.11. The minimum Gasteiger partial charge on any atom is -0.326 e. The smallest absolute Gasteiger partial charge is 0.224 e. The Morgan fingerprint density at radius 1 is 1.37 bits per heavy atom. The molecule has 2 rings (SSSR count). The first-order valence-corrected chi connectivity index (χ1v) is 7.91. The van der Waals surface area contributed by atoms with E-state index >= 15 is 0 Å². The van der Waals surface area contributed by atoms with Gasteiger partial charge in [0.15, 0.2) is 0 Å². The Bertz CT molecular complexity index is 551. The van der Waals surface area contributed by atoms with Gasteiger partial charge < -0.3 is 5.32 Å². The van der Waals surface area contributed by atoms with Crippen LogP contribution >= 0.6 is 27.3 Å². The normalized spacial score (nSPS) is 10.4. The molecule has 0 aliphatic carbocycles. The number of rotatable bonds is 5. The average Bonchev–Trinajstić information content (AvgIpc) is 2.87. The van der Waals surface area contributed by atoms with Crippen LogP contribution in [0.2, 0.25) is 0 Å². The summed E-state index contributed by atoms with van der Waals surface area (Å²) in [5.41, 5.74) is 1.98. The molecule has 1 aromatic carbocycles. The molecule has 2 nitrogen and oxygen atoms in total. The zero-order valence-corrected chi connectivity index (χ0v) is 13.2. The molecule has 0 atom stereocenters. The van der Waals surface area contributed by atoms with Crippen molar-refractivity contribution >= 4 is 38.9 Å². The molecule has 0 aliphatic heterocycles. The molecule has 1 amide bonds. The molecule has 1 heterocycles. The molecule has 0 fully saturated rings. The third-order valence-corrected chi connectivity index (χ3v) is 4.67. The fourth-order valence-electron chi connectivity index (χ4n) is 1.82. The number of nitrogens with one attached hydrogen (secondary N) is 1. The van der Waals surface area contributed by atoms with Gasteiger partial charge in [-0.1, -0.05) is 22.0 Å². The van der Waals surface area contributed by atoms with Gasteiger partial charge >= 0.3 is 0 Å². The van der Waals surface area contributed by atoms with Gasteiger partial charge in [-0.25, -0.2) is 0 Å². The molecule has 0 bridgehead atoms. The van der Waals surface area contributed by atoms with Gasteiger partial charge in [0, 0.05) is 21.5 Å². The highest BCUT2D eigenvalue weighted by Crippen LogP contribution is 2.20. The SMILES string of the molecule is Cc1cc(NC(=O)CCCc2cccs2)ccc1Br. The number of aryl methyl sites for hydroxylation is 2. The number of hydrogen-bond donors (Lipinski definition) is 1. The van der Waals surface area contributed by atoms with E-state index in [-0.39, 0.29) is 5.91 Å². The van der Waals surface area contributed by atoms with E-state index in [1.54, 1.807) is 11.3 Å². The summed E-state index contributed by atoms with van der Waals surface area (Å²) >= 11 is 5.19. The summed E-state index contributed by atoms with van der Waals surface area (Å²) in [5.74, 6) is 0.0817. The number of halogens is 1. The zero-order valence-electron chi connectivity index (χ0n) is 10.8. The number of carbonyl (C=O) groups is 1. The van der Waals surface area contributed by atoms with Crippen molar-refractivity contribution in [3.8, 4) is 0 Å².